The van der Waals surface area contributed by atoms with Gasteiger partial charge < -0.3 is 15.4 Å². The standard InChI is InChI=1S/C18H18ClN3O2/c1-12-9-16(10-13(2)17(12)19)24-8-7-21-18(23)22-15-5-3-14(11-20)4-6-15/h3-6,9-10H,7-8H2,1-2H3,(H2,21,22,23). The molecule has 6 heteroatoms. The Hall–Kier alpha value is -2.71. The average molecular weight is 344 g/mol. The molecular weight excluding hydrogens is 326 g/mol. The number of carbonyl (C=O) groups is 1. The molecule has 0 saturated carbocycles. The van der Waals surface area contributed by atoms with E-state index in [-0.39, 0.29) is 6.03 Å². The fraction of sp³-hybridized carbons (Fsp3) is 0.222. The summed E-state index contributed by atoms with van der Waals surface area (Å²) in [6, 6.07) is 12.1. The van der Waals surface area contributed by atoms with Crippen molar-refractivity contribution in [1.82, 2.24) is 5.32 Å². The van der Waals surface area contributed by atoms with Crippen molar-refractivity contribution in [2.75, 3.05) is 18.5 Å². The summed E-state index contributed by atoms with van der Waals surface area (Å²) in [6.45, 7) is 4.56. The van der Waals surface area contributed by atoms with Gasteiger partial charge in [-0.3, -0.25) is 0 Å². The minimum Gasteiger partial charge on any atom is -0.492 e. The number of carbonyl (C=O) groups excluding carboxylic acids is 1. The fourth-order valence-electron chi connectivity index (χ4n) is 2.13. The number of urea groups is 1. The number of nitrogens with zero attached hydrogens (tertiary/aromatic N) is 1. The number of amides is 2. The minimum atomic E-state index is -0.327. The van der Waals surface area contributed by atoms with Gasteiger partial charge in [0.2, 0.25) is 0 Å². The summed E-state index contributed by atoms with van der Waals surface area (Å²) in [5.41, 5.74) is 3.08. The van der Waals surface area contributed by atoms with Crippen LogP contribution in [0.1, 0.15) is 16.7 Å². The summed E-state index contributed by atoms with van der Waals surface area (Å²) in [5, 5.41) is 14.9. The maximum atomic E-state index is 11.8. The summed E-state index contributed by atoms with van der Waals surface area (Å²) in [4.78, 5) is 11.8. The van der Waals surface area contributed by atoms with E-state index in [4.69, 9.17) is 21.6 Å². The Morgan fingerprint density at radius 3 is 2.42 bits per heavy atom. The van der Waals surface area contributed by atoms with E-state index in [0.29, 0.717) is 24.4 Å². The molecule has 2 rings (SSSR count). The highest BCUT2D eigenvalue weighted by Gasteiger charge is 2.04. The van der Waals surface area contributed by atoms with Crippen molar-refractivity contribution in [2.45, 2.75) is 13.8 Å². The summed E-state index contributed by atoms with van der Waals surface area (Å²) < 4.78 is 5.62. The molecule has 0 fully saturated rings. The van der Waals surface area contributed by atoms with Gasteiger partial charge in [-0.1, -0.05) is 11.6 Å². The SMILES string of the molecule is Cc1cc(OCCNC(=O)Nc2ccc(C#N)cc2)cc(C)c1Cl. The van der Waals surface area contributed by atoms with Crippen LogP contribution in [0.4, 0.5) is 10.5 Å². The van der Waals surface area contributed by atoms with Crippen LogP contribution in [0.5, 0.6) is 5.75 Å². The Labute approximate surface area is 146 Å². The van der Waals surface area contributed by atoms with Gasteiger partial charge in [0.1, 0.15) is 12.4 Å². The highest BCUT2D eigenvalue weighted by molar-refractivity contribution is 6.32. The number of aryl methyl sites for hydroxylation is 2. The summed E-state index contributed by atoms with van der Waals surface area (Å²) in [5.74, 6) is 0.726. The number of benzene rings is 2. The number of anilines is 1. The third-order valence-corrected chi connectivity index (χ3v) is 3.93. The predicted molar refractivity (Wildman–Crippen MR) is 94.6 cm³/mol. The van der Waals surface area contributed by atoms with Crippen LogP contribution in [0.25, 0.3) is 0 Å². The van der Waals surface area contributed by atoms with Gasteiger partial charge in [0.25, 0.3) is 0 Å². The molecular formula is C18H18ClN3O2. The van der Waals surface area contributed by atoms with Crippen molar-refractivity contribution >= 4 is 23.3 Å². The average Bonchev–Trinajstić information content (AvgIpc) is 2.57. The third-order valence-electron chi connectivity index (χ3n) is 3.34. The zero-order valence-electron chi connectivity index (χ0n) is 13.5. The van der Waals surface area contributed by atoms with Crippen molar-refractivity contribution in [3.05, 3.63) is 58.1 Å². The molecule has 0 spiro atoms. The molecule has 0 saturated heterocycles. The first-order valence-electron chi connectivity index (χ1n) is 7.44. The largest absolute Gasteiger partial charge is 0.492 e. The Morgan fingerprint density at radius 2 is 1.83 bits per heavy atom. The first-order chi connectivity index (χ1) is 11.5. The van der Waals surface area contributed by atoms with E-state index in [9.17, 15) is 4.79 Å². The van der Waals surface area contributed by atoms with Crippen LogP contribution in [-0.4, -0.2) is 19.2 Å². The van der Waals surface area contributed by atoms with Gasteiger partial charge in [0.05, 0.1) is 18.2 Å². The van der Waals surface area contributed by atoms with Crippen molar-refractivity contribution in [2.24, 2.45) is 0 Å². The molecule has 24 heavy (non-hydrogen) atoms. The topological polar surface area (TPSA) is 74.2 Å². The Kier molecular flexibility index (Phi) is 6.05. The molecule has 2 amide bonds. The van der Waals surface area contributed by atoms with Crippen LogP contribution in [-0.2, 0) is 0 Å². The molecule has 2 aromatic carbocycles. The quantitative estimate of drug-likeness (QED) is 0.805. The smallest absolute Gasteiger partial charge is 0.319 e. The monoisotopic (exact) mass is 343 g/mol. The second-order valence-electron chi connectivity index (χ2n) is 5.29. The van der Waals surface area contributed by atoms with Crippen molar-refractivity contribution in [3.63, 3.8) is 0 Å². The number of halogens is 1. The first-order valence-corrected chi connectivity index (χ1v) is 7.82. The molecule has 0 aliphatic carbocycles. The predicted octanol–water partition coefficient (Wildman–Crippen LogP) is 4.03. The molecule has 0 aliphatic rings. The number of hydrogen-bond acceptors (Lipinski definition) is 3. The molecule has 0 unspecified atom stereocenters. The number of nitriles is 1. The molecule has 0 aromatic heterocycles. The van der Waals surface area contributed by atoms with Crippen molar-refractivity contribution < 1.29 is 9.53 Å². The first kappa shape index (κ1) is 17.6. The molecule has 0 bridgehead atoms. The summed E-state index contributed by atoms with van der Waals surface area (Å²) >= 11 is 6.11. The zero-order valence-corrected chi connectivity index (χ0v) is 14.3. The van der Waals surface area contributed by atoms with Crippen LogP contribution < -0.4 is 15.4 Å². The van der Waals surface area contributed by atoms with E-state index in [0.717, 1.165) is 21.9 Å². The molecule has 0 heterocycles. The minimum absolute atomic E-state index is 0.327. The van der Waals surface area contributed by atoms with Crippen LogP contribution >= 0.6 is 11.6 Å². The Morgan fingerprint density at radius 1 is 1.21 bits per heavy atom. The highest BCUT2D eigenvalue weighted by Crippen LogP contribution is 2.25. The van der Waals surface area contributed by atoms with E-state index >= 15 is 0 Å². The van der Waals surface area contributed by atoms with Gasteiger partial charge >= 0.3 is 6.03 Å². The van der Waals surface area contributed by atoms with Crippen molar-refractivity contribution in [1.29, 1.82) is 5.26 Å². The van der Waals surface area contributed by atoms with E-state index in [1.807, 2.05) is 32.0 Å². The molecule has 5 nitrogen and oxygen atoms in total. The van der Waals surface area contributed by atoms with Crippen LogP contribution in [0.15, 0.2) is 36.4 Å². The van der Waals surface area contributed by atoms with Crippen LogP contribution in [0.2, 0.25) is 5.02 Å². The lowest BCUT2D eigenvalue weighted by molar-refractivity contribution is 0.247. The van der Waals surface area contributed by atoms with E-state index in [2.05, 4.69) is 10.6 Å². The normalized spacial score (nSPS) is 9.92. The molecule has 0 radical (unpaired) electrons. The molecule has 0 aliphatic heterocycles. The second kappa shape index (κ2) is 8.23. The fourth-order valence-corrected chi connectivity index (χ4v) is 2.24. The van der Waals surface area contributed by atoms with Gasteiger partial charge in [0.15, 0.2) is 0 Å². The van der Waals surface area contributed by atoms with Crippen LogP contribution in [0.3, 0.4) is 0 Å². The molecule has 124 valence electrons. The van der Waals surface area contributed by atoms with E-state index < -0.39 is 0 Å². The third kappa shape index (κ3) is 4.90. The lowest BCUT2D eigenvalue weighted by Gasteiger charge is -2.11. The van der Waals surface area contributed by atoms with Gasteiger partial charge in [-0.15, -0.1) is 0 Å². The van der Waals surface area contributed by atoms with E-state index in [1.54, 1.807) is 24.3 Å². The summed E-state index contributed by atoms with van der Waals surface area (Å²) in [7, 11) is 0. The zero-order chi connectivity index (χ0) is 17.5. The van der Waals surface area contributed by atoms with Crippen molar-refractivity contribution in [3.8, 4) is 11.8 Å². The number of nitrogens with one attached hydrogen (secondary N) is 2. The lowest BCUT2D eigenvalue weighted by Crippen LogP contribution is -2.32. The highest BCUT2D eigenvalue weighted by atomic mass is 35.5. The van der Waals surface area contributed by atoms with Gasteiger partial charge in [-0.25, -0.2) is 4.79 Å². The van der Waals surface area contributed by atoms with Gasteiger partial charge in [-0.05, 0) is 61.4 Å². The second-order valence-corrected chi connectivity index (χ2v) is 5.67. The number of ether oxygens (including phenoxy) is 1. The lowest BCUT2D eigenvalue weighted by atomic mass is 10.1. The van der Waals surface area contributed by atoms with Gasteiger partial charge in [0, 0.05) is 10.7 Å². The maximum Gasteiger partial charge on any atom is 0.319 e. The number of rotatable bonds is 5. The molecule has 2 aromatic rings. The molecule has 2 N–H and O–H groups in total. The van der Waals surface area contributed by atoms with E-state index in [1.165, 1.54) is 0 Å². The maximum absolute atomic E-state index is 11.8. The van der Waals surface area contributed by atoms with Crippen LogP contribution in [0, 0.1) is 25.2 Å². The number of hydrogen-bond donors (Lipinski definition) is 2. The summed E-state index contributed by atoms with van der Waals surface area (Å²) in [6.07, 6.45) is 0. The Bertz CT molecular complexity index is 744. The molecule has 0 atom stereocenters. The Balaban J connectivity index is 1.75. The van der Waals surface area contributed by atoms with Gasteiger partial charge in [-0.2, -0.15) is 5.26 Å².